The van der Waals surface area contributed by atoms with Crippen LogP contribution < -0.4 is 15.5 Å². The summed E-state index contributed by atoms with van der Waals surface area (Å²) in [6.07, 6.45) is 0. The SMILES string of the molecule is O=C(Nc1ccc(Nc2ccccc2)cc1)C(=O)N1CCN(c2ccc(F)cc2)CC1. The number of rotatable bonds is 4. The lowest BCUT2D eigenvalue weighted by Crippen LogP contribution is -2.51. The molecule has 7 heteroatoms. The van der Waals surface area contributed by atoms with E-state index in [0.717, 1.165) is 17.1 Å². The molecular weight excluding hydrogens is 395 g/mol. The van der Waals surface area contributed by atoms with Gasteiger partial charge >= 0.3 is 11.8 Å². The average molecular weight is 418 g/mol. The van der Waals surface area contributed by atoms with Gasteiger partial charge in [0.25, 0.3) is 0 Å². The lowest BCUT2D eigenvalue weighted by Gasteiger charge is -2.35. The van der Waals surface area contributed by atoms with Crippen molar-refractivity contribution in [3.63, 3.8) is 0 Å². The molecular formula is C24H23FN4O2. The Kier molecular flexibility index (Phi) is 6.12. The van der Waals surface area contributed by atoms with Gasteiger partial charge in [0, 0.05) is 48.9 Å². The fourth-order valence-electron chi connectivity index (χ4n) is 3.47. The summed E-state index contributed by atoms with van der Waals surface area (Å²) < 4.78 is 13.1. The molecule has 0 aromatic heterocycles. The van der Waals surface area contributed by atoms with Crippen LogP contribution in [0.15, 0.2) is 78.9 Å². The normalized spacial score (nSPS) is 13.6. The van der Waals surface area contributed by atoms with Crippen molar-refractivity contribution in [1.82, 2.24) is 4.90 Å². The fourth-order valence-corrected chi connectivity index (χ4v) is 3.47. The first-order valence-electron chi connectivity index (χ1n) is 10.1. The van der Waals surface area contributed by atoms with Gasteiger partial charge in [-0.2, -0.15) is 0 Å². The van der Waals surface area contributed by atoms with Gasteiger partial charge < -0.3 is 20.4 Å². The van der Waals surface area contributed by atoms with Crippen LogP contribution in [0.2, 0.25) is 0 Å². The minimum Gasteiger partial charge on any atom is -0.368 e. The van der Waals surface area contributed by atoms with Crippen molar-refractivity contribution in [1.29, 1.82) is 0 Å². The van der Waals surface area contributed by atoms with Crippen molar-refractivity contribution in [2.24, 2.45) is 0 Å². The molecule has 0 spiro atoms. The number of anilines is 4. The quantitative estimate of drug-likeness (QED) is 0.632. The summed E-state index contributed by atoms with van der Waals surface area (Å²) in [4.78, 5) is 28.5. The highest BCUT2D eigenvalue weighted by Gasteiger charge is 2.26. The van der Waals surface area contributed by atoms with Crippen molar-refractivity contribution in [3.05, 3.63) is 84.7 Å². The van der Waals surface area contributed by atoms with Gasteiger partial charge in [-0.15, -0.1) is 0 Å². The van der Waals surface area contributed by atoms with E-state index in [-0.39, 0.29) is 5.82 Å². The van der Waals surface area contributed by atoms with E-state index in [9.17, 15) is 14.0 Å². The number of nitrogens with zero attached hydrogens (tertiary/aromatic N) is 2. The minimum absolute atomic E-state index is 0.280. The molecule has 1 aliphatic rings. The summed E-state index contributed by atoms with van der Waals surface area (Å²) in [5, 5.41) is 5.93. The maximum atomic E-state index is 13.1. The number of carbonyl (C=O) groups excluding carboxylic acids is 2. The van der Waals surface area contributed by atoms with Crippen molar-refractivity contribution >= 4 is 34.6 Å². The van der Waals surface area contributed by atoms with Gasteiger partial charge in [0.2, 0.25) is 0 Å². The van der Waals surface area contributed by atoms with E-state index in [1.807, 2.05) is 42.5 Å². The highest BCUT2D eigenvalue weighted by atomic mass is 19.1. The first kappa shape index (κ1) is 20.4. The maximum Gasteiger partial charge on any atom is 0.313 e. The summed E-state index contributed by atoms with van der Waals surface area (Å²) in [5.41, 5.74) is 3.31. The molecule has 1 aliphatic heterocycles. The molecule has 1 saturated heterocycles. The molecule has 158 valence electrons. The average Bonchev–Trinajstić information content (AvgIpc) is 2.81. The van der Waals surface area contributed by atoms with E-state index in [1.54, 1.807) is 29.2 Å². The van der Waals surface area contributed by atoms with E-state index in [4.69, 9.17) is 0 Å². The second-order valence-electron chi connectivity index (χ2n) is 7.28. The Labute approximate surface area is 180 Å². The molecule has 2 N–H and O–H groups in total. The van der Waals surface area contributed by atoms with Crippen LogP contribution in [-0.4, -0.2) is 42.9 Å². The van der Waals surface area contributed by atoms with Crippen molar-refractivity contribution in [2.45, 2.75) is 0 Å². The molecule has 1 heterocycles. The molecule has 6 nitrogen and oxygen atoms in total. The van der Waals surface area contributed by atoms with Crippen molar-refractivity contribution < 1.29 is 14.0 Å². The van der Waals surface area contributed by atoms with Crippen LogP contribution in [0.1, 0.15) is 0 Å². The van der Waals surface area contributed by atoms with Crippen LogP contribution >= 0.6 is 0 Å². The first-order valence-corrected chi connectivity index (χ1v) is 10.1. The third-order valence-electron chi connectivity index (χ3n) is 5.16. The number of carbonyl (C=O) groups is 2. The monoisotopic (exact) mass is 418 g/mol. The number of para-hydroxylation sites is 1. The predicted octanol–water partition coefficient (Wildman–Crippen LogP) is 3.86. The molecule has 4 rings (SSSR count). The fraction of sp³-hybridized carbons (Fsp3) is 0.167. The number of halogens is 1. The van der Waals surface area contributed by atoms with Gasteiger partial charge in [-0.05, 0) is 60.7 Å². The minimum atomic E-state index is -0.654. The van der Waals surface area contributed by atoms with Crippen molar-refractivity contribution in [2.75, 3.05) is 41.7 Å². The third-order valence-corrected chi connectivity index (χ3v) is 5.16. The van der Waals surface area contributed by atoms with E-state index in [1.165, 1.54) is 12.1 Å². The van der Waals surface area contributed by atoms with E-state index >= 15 is 0 Å². The Bertz CT molecular complexity index is 1030. The van der Waals surface area contributed by atoms with Crippen molar-refractivity contribution in [3.8, 4) is 0 Å². The van der Waals surface area contributed by atoms with Crippen LogP contribution in [0.25, 0.3) is 0 Å². The number of hydrogen-bond donors (Lipinski definition) is 2. The summed E-state index contributed by atoms with van der Waals surface area (Å²) in [5.74, 6) is -1.48. The Morgan fingerprint density at radius 2 is 1.29 bits per heavy atom. The maximum absolute atomic E-state index is 13.1. The Morgan fingerprint density at radius 3 is 1.94 bits per heavy atom. The van der Waals surface area contributed by atoms with Gasteiger partial charge in [0.15, 0.2) is 0 Å². The molecule has 0 atom stereocenters. The van der Waals surface area contributed by atoms with Crippen LogP contribution in [0.5, 0.6) is 0 Å². The van der Waals surface area contributed by atoms with Crippen LogP contribution in [0.3, 0.4) is 0 Å². The molecule has 31 heavy (non-hydrogen) atoms. The first-order chi connectivity index (χ1) is 15.1. The Hall–Kier alpha value is -3.87. The van der Waals surface area contributed by atoms with Gasteiger partial charge in [-0.3, -0.25) is 9.59 Å². The van der Waals surface area contributed by atoms with Crippen LogP contribution in [-0.2, 0) is 9.59 Å². The lowest BCUT2D eigenvalue weighted by molar-refractivity contribution is -0.143. The van der Waals surface area contributed by atoms with Gasteiger partial charge in [0.1, 0.15) is 5.82 Å². The number of nitrogens with one attached hydrogen (secondary N) is 2. The summed E-state index contributed by atoms with van der Waals surface area (Å²) in [6.45, 7) is 2.04. The number of piperazine rings is 1. The smallest absolute Gasteiger partial charge is 0.313 e. The molecule has 2 amide bonds. The molecule has 3 aromatic rings. The molecule has 0 bridgehead atoms. The number of amides is 2. The third kappa shape index (κ3) is 5.19. The lowest BCUT2D eigenvalue weighted by atomic mass is 10.2. The molecule has 0 radical (unpaired) electrons. The highest BCUT2D eigenvalue weighted by molar-refractivity contribution is 6.39. The zero-order valence-electron chi connectivity index (χ0n) is 16.9. The standard InChI is InChI=1S/C24H23FN4O2/c25-18-6-12-22(13-7-18)28-14-16-29(17-15-28)24(31)23(30)27-21-10-8-20(9-11-21)26-19-4-2-1-3-5-19/h1-13,26H,14-17H2,(H,27,30). The highest BCUT2D eigenvalue weighted by Crippen LogP contribution is 2.19. The number of hydrogen-bond acceptors (Lipinski definition) is 4. The second kappa shape index (κ2) is 9.30. The second-order valence-corrected chi connectivity index (χ2v) is 7.28. The zero-order valence-corrected chi connectivity index (χ0v) is 16.9. The van der Waals surface area contributed by atoms with Crippen LogP contribution in [0.4, 0.5) is 27.1 Å². The van der Waals surface area contributed by atoms with Gasteiger partial charge in [-0.1, -0.05) is 18.2 Å². The zero-order chi connectivity index (χ0) is 21.6. The molecule has 0 saturated carbocycles. The van der Waals surface area contributed by atoms with Gasteiger partial charge in [-0.25, -0.2) is 4.39 Å². The Morgan fingerprint density at radius 1 is 0.710 bits per heavy atom. The number of benzene rings is 3. The molecule has 1 fully saturated rings. The molecule has 0 aliphatic carbocycles. The topological polar surface area (TPSA) is 64.7 Å². The van der Waals surface area contributed by atoms with E-state index in [2.05, 4.69) is 15.5 Å². The molecule has 3 aromatic carbocycles. The molecule has 0 unspecified atom stereocenters. The predicted molar refractivity (Wildman–Crippen MR) is 120 cm³/mol. The van der Waals surface area contributed by atoms with E-state index < -0.39 is 11.8 Å². The summed E-state index contributed by atoms with van der Waals surface area (Å²) >= 11 is 0. The van der Waals surface area contributed by atoms with Crippen LogP contribution in [0, 0.1) is 5.82 Å². The largest absolute Gasteiger partial charge is 0.368 e. The van der Waals surface area contributed by atoms with Gasteiger partial charge in [0.05, 0.1) is 0 Å². The van der Waals surface area contributed by atoms with E-state index in [0.29, 0.717) is 31.9 Å². The summed E-state index contributed by atoms with van der Waals surface area (Å²) in [6, 6.07) is 23.2. The summed E-state index contributed by atoms with van der Waals surface area (Å²) in [7, 11) is 0. The Balaban J connectivity index is 1.28.